The van der Waals surface area contributed by atoms with Crippen molar-refractivity contribution in [3.8, 4) is 16.9 Å². The van der Waals surface area contributed by atoms with Crippen molar-refractivity contribution in [3.05, 3.63) is 47.5 Å². The van der Waals surface area contributed by atoms with Gasteiger partial charge in [0.15, 0.2) is 0 Å². The minimum atomic E-state index is -0.930. The molecule has 6 heteroatoms. The van der Waals surface area contributed by atoms with Gasteiger partial charge in [-0.25, -0.2) is 4.79 Å². The number of aldehydes is 1. The molecule has 2 aromatic rings. The lowest BCUT2D eigenvalue weighted by Gasteiger charge is -2.20. The van der Waals surface area contributed by atoms with Crippen LogP contribution in [0.25, 0.3) is 11.1 Å². The number of amides is 1. The number of benzene rings is 2. The molecule has 166 valence electrons. The highest BCUT2D eigenvalue weighted by atomic mass is 16.5. The Morgan fingerprint density at radius 3 is 2.65 bits per heavy atom. The highest BCUT2D eigenvalue weighted by molar-refractivity contribution is 5.72. The molecule has 0 bridgehead atoms. The van der Waals surface area contributed by atoms with E-state index in [0.717, 1.165) is 42.7 Å². The van der Waals surface area contributed by atoms with Crippen LogP contribution in [0.2, 0.25) is 0 Å². The molecular formula is C25H32N2O4. The molecule has 0 aromatic heterocycles. The number of hydrogen-bond donors (Lipinski definition) is 1. The number of methoxy groups -OCH3 is 1. The van der Waals surface area contributed by atoms with Gasteiger partial charge >= 0.3 is 6.09 Å². The smallest absolute Gasteiger partial charge is 0.407 e. The minimum absolute atomic E-state index is 0.395. The molecule has 31 heavy (non-hydrogen) atoms. The maximum atomic E-state index is 11.6. The molecule has 6 nitrogen and oxygen atoms in total. The van der Waals surface area contributed by atoms with Gasteiger partial charge < -0.3 is 24.4 Å². The number of ether oxygens (including phenoxy) is 1. The summed E-state index contributed by atoms with van der Waals surface area (Å²) in [6.45, 7) is 5.10. The highest BCUT2D eigenvalue weighted by Gasteiger charge is 2.18. The summed E-state index contributed by atoms with van der Waals surface area (Å²) < 4.78 is 5.53. The summed E-state index contributed by atoms with van der Waals surface area (Å²) in [6.07, 6.45) is 3.45. The average molecular weight is 425 g/mol. The molecule has 0 unspecified atom stereocenters. The van der Waals surface area contributed by atoms with Crippen molar-refractivity contribution < 1.29 is 19.4 Å². The maximum absolute atomic E-state index is 11.6. The molecule has 1 aliphatic heterocycles. The van der Waals surface area contributed by atoms with Crippen LogP contribution in [0, 0.1) is 0 Å². The average Bonchev–Trinajstić information content (AvgIpc) is 3.20. The summed E-state index contributed by atoms with van der Waals surface area (Å²) in [5.41, 5.74) is 5.98. The Balaban J connectivity index is 1.75. The summed E-state index contributed by atoms with van der Waals surface area (Å²) in [5, 5.41) is 9.52. The van der Waals surface area contributed by atoms with Crippen LogP contribution in [-0.2, 0) is 17.6 Å². The third kappa shape index (κ3) is 5.57. The normalized spacial score (nSPS) is 12.5. The van der Waals surface area contributed by atoms with Crippen LogP contribution >= 0.6 is 0 Å². The first-order valence-corrected chi connectivity index (χ1v) is 11.0. The van der Waals surface area contributed by atoms with Crippen molar-refractivity contribution in [3.63, 3.8) is 0 Å². The second-order valence-electron chi connectivity index (χ2n) is 7.88. The first-order chi connectivity index (χ1) is 15.1. The molecule has 1 aliphatic rings. The second kappa shape index (κ2) is 10.8. The largest absolute Gasteiger partial charge is 0.496 e. The third-order valence-corrected chi connectivity index (χ3v) is 5.99. The van der Waals surface area contributed by atoms with Gasteiger partial charge in [0.1, 0.15) is 12.0 Å². The molecule has 1 N–H and O–H groups in total. The summed E-state index contributed by atoms with van der Waals surface area (Å²) in [4.78, 5) is 25.9. The fourth-order valence-corrected chi connectivity index (χ4v) is 4.22. The number of rotatable bonds is 11. The maximum Gasteiger partial charge on any atom is 0.407 e. The first kappa shape index (κ1) is 22.7. The van der Waals surface area contributed by atoms with E-state index in [1.165, 1.54) is 21.7 Å². The van der Waals surface area contributed by atoms with Crippen LogP contribution in [0.5, 0.6) is 5.75 Å². The SMILES string of the molecule is CCN1CCc2cc(-c3ccc(OC)c(CCN(CCCCC=O)C(=O)O)c3)ccc21. The Bertz CT molecular complexity index is 912. The van der Waals surface area contributed by atoms with E-state index in [1.807, 2.05) is 6.07 Å². The van der Waals surface area contributed by atoms with E-state index < -0.39 is 6.09 Å². The Morgan fingerprint density at radius 1 is 1.16 bits per heavy atom. The van der Waals surface area contributed by atoms with E-state index in [0.29, 0.717) is 38.8 Å². The summed E-state index contributed by atoms with van der Waals surface area (Å²) in [7, 11) is 1.64. The van der Waals surface area contributed by atoms with Crippen molar-refractivity contribution in [2.45, 2.75) is 39.0 Å². The zero-order chi connectivity index (χ0) is 22.2. The van der Waals surface area contributed by atoms with E-state index in [9.17, 15) is 14.7 Å². The zero-order valence-electron chi connectivity index (χ0n) is 18.5. The lowest BCUT2D eigenvalue weighted by atomic mass is 9.98. The monoisotopic (exact) mass is 424 g/mol. The van der Waals surface area contributed by atoms with Gasteiger partial charge in [0.05, 0.1) is 7.11 Å². The number of carbonyl (C=O) groups excluding carboxylic acids is 1. The summed E-state index contributed by atoms with van der Waals surface area (Å²) in [5.74, 6) is 0.772. The van der Waals surface area contributed by atoms with Crippen LogP contribution in [0.15, 0.2) is 36.4 Å². The fraction of sp³-hybridized carbons (Fsp3) is 0.440. The van der Waals surface area contributed by atoms with Gasteiger partial charge in [-0.15, -0.1) is 0 Å². The quantitative estimate of drug-likeness (QED) is 0.420. The van der Waals surface area contributed by atoms with E-state index in [1.54, 1.807) is 7.11 Å². The van der Waals surface area contributed by atoms with Crippen molar-refractivity contribution in [1.82, 2.24) is 4.90 Å². The van der Waals surface area contributed by atoms with Gasteiger partial charge in [-0.2, -0.15) is 0 Å². The van der Waals surface area contributed by atoms with Crippen molar-refractivity contribution >= 4 is 18.1 Å². The number of anilines is 1. The molecule has 1 heterocycles. The second-order valence-corrected chi connectivity index (χ2v) is 7.88. The van der Waals surface area contributed by atoms with Gasteiger partial charge in [0, 0.05) is 38.3 Å². The zero-order valence-corrected chi connectivity index (χ0v) is 18.5. The molecule has 2 aromatic carbocycles. The van der Waals surface area contributed by atoms with E-state index in [-0.39, 0.29) is 0 Å². The van der Waals surface area contributed by atoms with Crippen LogP contribution < -0.4 is 9.64 Å². The lowest BCUT2D eigenvalue weighted by Crippen LogP contribution is -2.32. The van der Waals surface area contributed by atoms with Gasteiger partial charge in [-0.3, -0.25) is 0 Å². The Labute approximate surface area is 184 Å². The molecule has 0 atom stereocenters. The molecule has 0 aliphatic carbocycles. The minimum Gasteiger partial charge on any atom is -0.496 e. The van der Waals surface area contributed by atoms with Crippen molar-refractivity contribution in [1.29, 1.82) is 0 Å². The van der Waals surface area contributed by atoms with Crippen molar-refractivity contribution in [2.24, 2.45) is 0 Å². The number of unbranched alkanes of at least 4 members (excludes halogenated alkanes) is 2. The van der Waals surface area contributed by atoms with E-state index in [2.05, 4.69) is 42.2 Å². The number of nitrogens with zero attached hydrogens (tertiary/aromatic N) is 2. The van der Waals surface area contributed by atoms with Gasteiger partial charge in [-0.05, 0) is 79.1 Å². The standard InChI is InChI=1S/C25H32N2O4/c1-3-26-14-11-21-17-19(7-9-23(21)26)20-8-10-24(31-2)22(18-20)12-15-27(25(29)30)13-5-4-6-16-28/h7-10,16-18H,3-6,11-15H2,1-2H3,(H,29,30). The topological polar surface area (TPSA) is 70.1 Å². The molecule has 0 fully saturated rings. The summed E-state index contributed by atoms with van der Waals surface area (Å²) in [6, 6.07) is 12.8. The van der Waals surface area contributed by atoms with Gasteiger partial charge in [0.25, 0.3) is 0 Å². The number of fused-ring (bicyclic) bond motifs is 1. The summed E-state index contributed by atoms with van der Waals surface area (Å²) >= 11 is 0. The number of hydrogen-bond acceptors (Lipinski definition) is 4. The number of likely N-dealkylation sites (N-methyl/N-ethyl adjacent to an activating group) is 1. The molecule has 0 radical (unpaired) electrons. The van der Waals surface area contributed by atoms with Crippen LogP contribution in [0.3, 0.4) is 0 Å². The van der Waals surface area contributed by atoms with Crippen molar-refractivity contribution in [2.75, 3.05) is 38.2 Å². The number of carbonyl (C=O) groups is 2. The van der Waals surface area contributed by atoms with Crippen LogP contribution in [0.4, 0.5) is 10.5 Å². The Morgan fingerprint density at radius 2 is 1.94 bits per heavy atom. The fourth-order valence-electron chi connectivity index (χ4n) is 4.22. The van der Waals surface area contributed by atoms with Crippen LogP contribution in [-0.4, -0.2) is 55.7 Å². The predicted octanol–water partition coefficient (Wildman–Crippen LogP) is 4.64. The highest BCUT2D eigenvalue weighted by Crippen LogP contribution is 2.34. The van der Waals surface area contributed by atoms with Gasteiger partial charge in [-0.1, -0.05) is 12.1 Å². The molecule has 3 rings (SSSR count). The molecule has 0 spiro atoms. The van der Waals surface area contributed by atoms with E-state index in [4.69, 9.17) is 4.74 Å². The molecular weight excluding hydrogens is 392 g/mol. The van der Waals surface area contributed by atoms with E-state index >= 15 is 0 Å². The Kier molecular flexibility index (Phi) is 7.93. The molecule has 1 amide bonds. The lowest BCUT2D eigenvalue weighted by molar-refractivity contribution is -0.107. The molecule has 0 saturated heterocycles. The third-order valence-electron chi connectivity index (χ3n) is 5.99. The predicted molar refractivity (Wildman–Crippen MR) is 123 cm³/mol. The number of carboxylic acid groups (broad SMARTS) is 1. The molecule has 0 saturated carbocycles. The van der Waals surface area contributed by atoms with Crippen LogP contribution in [0.1, 0.15) is 37.3 Å². The first-order valence-electron chi connectivity index (χ1n) is 11.0. The van der Waals surface area contributed by atoms with Gasteiger partial charge in [0.2, 0.25) is 0 Å². The Hall–Kier alpha value is -3.02.